The molecule has 4 heteroatoms. The molecule has 3 nitrogen and oxygen atoms in total. The summed E-state index contributed by atoms with van der Waals surface area (Å²) < 4.78 is 13.4. The van der Waals surface area contributed by atoms with E-state index in [1.165, 1.54) is 102 Å². The number of carboxylic acids is 1. The molecule has 1 rings (SSSR count). The quantitative estimate of drug-likeness (QED) is 0.233. The number of aromatic carboxylic acids is 1. The number of carbonyl (C=O) groups is 1. The second-order valence-electron chi connectivity index (χ2n) is 8.23. The first-order chi connectivity index (χ1) is 13.6. The van der Waals surface area contributed by atoms with Crippen LogP contribution in [0.2, 0.25) is 0 Å². The summed E-state index contributed by atoms with van der Waals surface area (Å²) in [5.74, 6) is -1.89. The minimum Gasteiger partial charge on any atom is -0.476 e. The number of aryl methyl sites for hydroxylation is 1. The number of hydrogen-bond acceptors (Lipinski definition) is 1. The Bertz CT molecular complexity index is 513. The second-order valence-corrected chi connectivity index (χ2v) is 8.23. The molecule has 162 valence electrons. The molecule has 0 aliphatic carbocycles. The standard InChI is InChI=1S/C24H42FNO2/c1-2-3-4-5-6-7-8-9-10-11-12-13-14-15-16-17-18-19-21-20-22(25)23(26-21)24(27)28/h20,26H,2-19H2,1H3,(H,27,28). The van der Waals surface area contributed by atoms with E-state index in [1.807, 2.05) is 0 Å². The van der Waals surface area contributed by atoms with Crippen molar-refractivity contribution < 1.29 is 14.3 Å². The second kappa shape index (κ2) is 16.6. The molecule has 2 N–H and O–H groups in total. The summed E-state index contributed by atoms with van der Waals surface area (Å²) in [6.07, 6.45) is 23.4. The van der Waals surface area contributed by atoms with Crippen LogP contribution in [0.5, 0.6) is 0 Å². The molecule has 0 aliphatic rings. The van der Waals surface area contributed by atoms with Gasteiger partial charge in [-0.05, 0) is 18.9 Å². The van der Waals surface area contributed by atoms with E-state index < -0.39 is 11.8 Å². The summed E-state index contributed by atoms with van der Waals surface area (Å²) in [6.45, 7) is 2.27. The van der Waals surface area contributed by atoms with E-state index in [1.54, 1.807) is 0 Å². The van der Waals surface area contributed by atoms with Crippen LogP contribution in [0, 0.1) is 5.82 Å². The number of nitrogens with one attached hydrogen (secondary N) is 1. The van der Waals surface area contributed by atoms with Crippen LogP contribution in [0.25, 0.3) is 0 Å². The van der Waals surface area contributed by atoms with Gasteiger partial charge in [0.25, 0.3) is 0 Å². The highest BCUT2D eigenvalue weighted by Gasteiger charge is 2.13. The summed E-state index contributed by atoms with van der Waals surface area (Å²) in [6, 6.07) is 1.32. The topological polar surface area (TPSA) is 53.1 Å². The largest absolute Gasteiger partial charge is 0.476 e. The van der Waals surface area contributed by atoms with Crippen molar-refractivity contribution in [1.82, 2.24) is 4.98 Å². The molecule has 28 heavy (non-hydrogen) atoms. The molecule has 0 aromatic carbocycles. The van der Waals surface area contributed by atoms with E-state index in [0.29, 0.717) is 5.69 Å². The first kappa shape index (κ1) is 24.7. The molecule has 0 unspecified atom stereocenters. The van der Waals surface area contributed by atoms with Gasteiger partial charge in [0.2, 0.25) is 0 Å². The van der Waals surface area contributed by atoms with Crippen molar-refractivity contribution in [3.63, 3.8) is 0 Å². The van der Waals surface area contributed by atoms with Crippen LogP contribution in [-0.2, 0) is 6.42 Å². The number of halogens is 1. The highest BCUT2D eigenvalue weighted by atomic mass is 19.1. The number of unbranched alkanes of at least 4 members (excludes halogenated alkanes) is 16. The van der Waals surface area contributed by atoms with Crippen molar-refractivity contribution in [2.75, 3.05) is 0 Å². The zero-order chi connectivity index (χ0) is 20.5. The van der Waals surface area contributed by atoms with Gasteiger partial charge in [-0.1, -0.05) is 110 Å². The van der Waals surface area contributed by atoms with Crippen LogP contribution >= 0.6 is 0 Å². The van der Waals surface area contributed by atoms with Gasteiger partial charge < -0.3 is 10.1 Å². The van der Waals surface area contributed by atoms with Gasteiger partial charge >= 0.3 is 5.97 Å². The van der Waals surface area contributed by atoms with Crippen molar-refractivity contribution in [2.24, 2.45) is 0 Å². The Hall–Kier alpha value is -1.32. The van der Waals surface area contributed by atoms with E-state index in [4.69, 9.17) is 5.11 Å². The van der Waals surface area contributed by atoms with Gasteiger partial charge in [0.1, 0.15) is 0 Å². The third-order valence-electron chi connectivity index (χ3n) is 5.59. The predicted octanol–water partition coefficient (Wildman–Crippen LogP) is 8.05. The lowest BCUT2D eigenvalue weighted by Crippen LogP contribution is -1.99. The molecule has 0 spiro atoms. The first-order valence-electron chi connectivity index (χ1n) is 11.8. The highest BCUT2D eigenvalue weighted by Crippen LogP contribution is 2.15. The molecular weight excluding hydrogens is 353 g/mol. The molecular formula is C24H42FNO2. The van der Waals surface area contributed by atoms with Gasteiger partial charge in [-0.25, -0.2) is 9.18 Å². The Kier molecular flexibility index (Phi) is 14.7. The smallest absolute Gasteiger partial charge is 0.355 e. The Labute approximate surface area is 171 Å². The lowest BCUT2D eigenvalue weighted by molar-refractivity contribution is 0.0686. The van der Waals surface area contributed by atoms with Gasteiger partial charge in [-0.2, -0.15) is 0 Å². The van der Waals surface area contributed by atoms with E-state index in [-0.39, 0.29) is 5.69 Å². The van der Waals surface area contributed by atoms with Gasteiger partial charge in [0.15, 0.2) is 11.5 Å². The summed E-state index contributed by atoms with van der Waals surface area (Å²) in [4.78, 5) is 13.5. The van der Waals surface area contributed by atoms with Gasteiger partial charge in [0.05, 0.1) is 0 Å². The van der Waals surface area contributed by atoms with Crippen LogP contribution in [0.3, 0.4) is 0 Å². The van der Waals surface area contributed by atoms with Gasteiger partial charge in [0, 0.05) is 5.69 Å². The van der Waals surface area contributed by atoms with Crippen molar-refractivity contribution in [2.45, 2.75) is 122 Å². The minimum atomic E-state index is -1.23. The maximum atomic E-state index is 13.4. The van der Waals surface area contributed by atoms with E-state index in [2.05, 4.69) is 11.9 Å². The maximum Gasteiger partial charge on any atom is 0.355 e. The van der Waals surface area contributed by atoms with E-state index in [0.717, 1.165) is 19.3 Å². The number of H-pyrrole nitrogens is 1. The summed E-state index contributed by atoms with van der Waals surface area (Å²) in [5, 5.41) is 8.83. The molecule has 1 heterocycles. The molecule has 0 radical (unpaired) electrons. The molecule has 0 aliphatic heterocycles. The third-order valence-corrected chi connectivity index (χ3v) is 5.59. The summed E-state index contributed by atoms with van der Waals surface area (Å²) in [5.41, 5.74) is 0.373. The van der Waals surface area contributed by atoms with Crippen LogP contribution < -0.4 is 0 Å². The number of aromatic amines is 1. The highest BCUT2D eigenvalue weighted by molar-refractivity contribution is 5.85. The van der Waals surface area contributed by atoms with Crippen LogP contribution in [-0.4, -0.2) is 16.1 Å². The number of rotatable bonds is 19. The lowest BCUT2D eigenvalue weighted by atomic mass is 10.0. The normalized spacial score (nSPS) is 11.2. The van der Waals surface area contributed by atoms with Crippen molar-refractivity contribution in [3.05, 3.63) is 23.3 Å². The molecule has 0 saturated carbocycles. The van der Waals surface area contributed by atoms with Crippen LogP contribution in [0.1, 0.15) is 132 Å². The minimum absolute atomic E-state index is 0.318. The van der Waals surface area contributed by atoms with E-state index >= 15 is 0 Å². The Morgan fingerprint density at radius 1 is 0.786 bits per heavy atom. The molecule has 1 aromatic heterocycles. The molecule has 0 bridgehead atoms. The van der Waals surface area contributed by atoms with Crippen LogP contribution in [0.15, 0.2) is 6.07 Å². The Morgan fingerprint density at radius 3 is 1.54 bits per heavy atom. The predicted molar refractivity (Wildman–Crippen MR) is 116 cm³/mol. The Morgan fingerprint density at radius 2 is 1.18 bits per heavy atom. The number of hydrogen-bond donors (Lipinski definition) is 2. The van der Waals surface area contributed by atoms with Crippen molar-refractivity contribution >= 4 is 5.97 Å². The molecule has 0 atom stereocenters. The number of carboxylic acid groups (broad SMARTS) is 1. The third kappa shape index (κ3) is 12.2. The van der Waals surface area contributed by atoms with E-state index in [9.17, 15) is 9.18 Å². The molecule has 0 saturated heterocycles. The maximum absolute atomic E-state index is 13.4. The zero-order valence-corrected chi connectivity index (χ0v) is 18.0. The van der Waals surface area contributed by atoms with Gasteiger partial charge in [-0.3, -0.25) is 0 Å². The zero-order valence-electron chi connectivity index (χ0n) is 18.0. The van der Waals surface area contributed by atoms with Gasteiger partial charge in [-0.15, -0.1) is 0 Å². The summed E-state index contributed by atoms with van der Waals surface area (Å²) in [7, 11) is 0. The Balaban J connectivity index is 1.81. The molecule has 0 fully saturated rings. The van der Waals surface area contributed by atoms with Crippen molar-refractivity contribution in [3.8, 4) is 0 Å². The number of aromatic nitrogens is 1. The molecule has 1 aromatic rings. The fraction of sp³-hybridized carbons (Fsp3) is 0.792. The monoisotopic (exact) mass is 395 g/mol. The fourth-order valence-electron chi connectivity index (χ4n) is 3.81. The molecule has 0 amide bonds. The van der Waals surface area contributed by atoms with Crippen molar-refractivity contribution in [1.29, 1.82) is 0 Å². The first-order valence-corrected chi connectivity index (χ1v) is 11.8. The average molecular weight is 396 g/mol. The average Bonchev–Trinajstić information content (AvgIpc) is 3.05. The fourth-order valence-corrected chi connectivity index (χ4v) is 3.81. The van der Waals surface area contributed by atoms with Crippen LogP contribution in [0.4, 0.5) is 4.39 Å². The summed E-state index contributed by atoms with van der Waals surface area (Å²) >= 11 is 0. The SMILES string of the molecule is CCCCCCCCCCCCCCCCCCCc1cc(F)c(C(=O)O)[nH]1. The lowest BCUT2D eigenvalue weighted by Gasteiger charge is -2.03.